The molecule has 17 heavy (non-hydrogen) atoms. The Hall–Kier alpha value is -0.740. The second kappa shape index (κ2) is 4.18. The predicted molar refractivity (Wildman–Crippen MR) is 68.3 cm³/mol. The summed E-state index contributed by atoms with van der Waals surface area (Å²) >= 11 is 2.03. The van der Waals surface area contributed by atoms with Gasteiger partial charge in [0.1, 0.15) is 17.0 Å². The average molecular weight is 251 g/mol. The topological polar surface area (TPSA) is 42.4 Å². The van der Waals surface area contributed by atoms with Gasteiger partial charge < -0.3 is 9.84 Å². The lowest BCUT2D eigenvalue weighted by molar-refractivity contribution is 0.0130. The predicted octanol–water partition coefficient (Wildman–Crippen LogP) is 2.34. The first-order chi connectivity index (χ1) is 8.21. The van der Waals surface area contributed by atoms with Crippen molar-refractivity contribution < 1.29 is 9.84 Å². The fourth-order valence-electron chi connectivity index (χ4n) is 3.02. The van der Waals surface area contributed by atoms with E-state index in [1.165, 1.54) is 12.8 Å². The second-order valence-electron chi connectivity index (χ2n) is 4.95. The highest BCUT2D eigenvalue weighted by Crippen LogP contribution is 2.51. The highest BCUT2D eigenvalue weighted by atomic mass is 32.2. The van der Waals surface area contributed by atoms with Crippen LogP contribution in [0.25, 0.3) is 0 Å². The van der Waals surface area contributed by atoms with Crippen LogP contribution in [-0.2, 0) is 5.60 Å². The third-order valence-corrected chi connectivity index (χ3v) is 5.33. The van der Waals surface area contributed by atoms with Gasteiger partial charge in [0.15, 0.2) is 0 Å². The van der Waals surface area contributed by atoms with Gasteiger partial charge in [-0.15, -0.1) is 0 Å². The van der Waals surface area contributed by atoms with Crippen LogP contribution in [0.4, 0.5) is 0 Å². The number of hydrogen-bond acceptors (Lipinski definition) is 4. The van der Waals surface area contributed by atoms with Gasteiger partial charge in [-0.1, -0.05) is 0 Å². The van der Waals surface area contributed by atoms with E-state index in [1.54, 1.807) is 13.3 Å². The van der Waals surface area contributed by atoms with Crippen molar-refractivity contribution in [2.75, 3.05) is 7.11 Å². The molecule has 2 aliphatic rings. The number of rotatable bonds is 2. The molecule has 0 aliphatic carbocycles. The maximum absolute atomic E-state index is 10.9. The Kier molecular flexibility index (Phi) is 2.79. The average Bonchev–Trinajstić information content (AvgIpc) is 2.69. The van der Waals surface area contributed by atoms with Crippen LogP contribution in [0.1, 0.15) is 31.4 Å². The molecule has 2 aliphatic heterocycles. The summed E-state index contributed by atoms with van der Waals surface area (Å²) in [5.41, 5.74) is -0.0661. The van der Waals surface area contributed by atoms with Crippen LogP contribution < -0.4 is 4.74 Å². The molecule has 2 saturated heterocycles. The molecule has 4 heteroatoms. The monoisotopic (exact) mass is 251 g/mol. The van der Waals surface area contributed by atoms with Crippen molar-refractivity contribution in [2.24, 2.45) is 0 Å². The number of ether oxygens (including phenoxy) is 1. The Balaban J connectivity index is 1.96. The smallest absolute Gasteiger partial charge is 0.143 e. The molecule has 0 radical (unpaired) electrons. The number of nitrogens with zero attached hydrogens (tertiary/aromatic N) is 1. The zero-order chi connectivity index (χ0) is 11.9. The molecule has 2 bridgehead atoms. The first kappa shape index (κ1) is 11.4. The number of methoxy groups -OCH3 is 1. The van der Waals surface area contributed by atoms with Crippen LogP contribution in [0.15, 0.2) is 18.3 Å². The molecular formula is C13H17NO2S. The molecule has 2 fully saturated rings. The van der Waals surface area contributed by atoms with E-state index in [-0.39, 0.29) is 0 Å². The molecular weight excluding hydrogens is 234 g/mol. The summed E-state index contributed by atoms with van der Waals surface area (Å²) in [6.45, 7) is 0. The molecule has 3 rings (SSSR count). The van der Waals surface area contributed by atoms with Crippen molar-refractivity contribution in [1.82, 2.24) is 4.98 Å². The molecule has 1 aromatic rings. The minimum atomic E-state index is -0.788. The van der Waals surface area contributed by atoms with E-state index in [0.29, 0.717) is 16.2 Å². The normalized spacial score (nSPS) is 35.9. The molecule has 1 aromatic heterocycles. The lowest BCUT2D eigenvalue weighted by atomic mass is 9.89. The first-order valence-corrected chi connectivity index (χ1v) is 7.03. The Morgan fingerprint density at radius 1 is 1.41 bits per heavy atom. The van der Waals surface area contributed by atoms with Crippen molar-refractivity contribution in [1.29, 1.82) is 0 Å². The molecule has 0 aromatic carbocycles. The van der Waals surface area contributed by atoms with Gasteiger partial charge in [0.05, 0.1) is 7.11 Å². The molecule has 3 nitrogen and oxygen atoms in total. The zero-order valence-electron chi connectivity index (χ0n) is 9.93. The summed E-state index contributed by atoms with van der Waals surface area (Å²) in [6.07, 6.45) is 5.81. The molecule has 1 N–H and O–H groups in total. The minimum absolute atomic E-state index is 0.588. The molecule has 0 amide bonds. The number of pyridine rings is 1. The Bertz CT molecular complexity index is 412. The van der Waals surface area contributed by atoms with Crippen LogP contribution >= 0.6 is 11.8 Å². The van der Waals surface area contributed by atoms with E-state index in [4.69, 9.17) is 4.74 Å². The van der Waals surface area contributed by atoms with Crippen molar-refractivity contribution in [3.8, 4) is 5.75 Å². The SMILES string of the molecule is COc1cccnc1C1(O)CC2CCC(C1)S2. The fraction of sp³-hybridized carbons (Fsp3) is 0.615. The quantitative estimate of drug-likeness (QED) is 0.876. The van der Waals surface area contributed by atoms with E-state index in [2.05, 4.69) is 4.98 Å². The van der Waals surface area contributed by atoms with Crippen LogP contribution in [0.5, 0.6) is 5.75 Å². The molecule has 92 valence electrons. The van der Waals surface area contributed by atoms with E-state index < -0.39 is 5.60 Å². The maximum atomic E-state index is 10.9. The summed E-state index contributed by atoms with van der Waals surface area (Å²) in [5.74, 6) is 0.710. The number of hydrogen-bond donors (Lipinski definition) is 1. The van der Waals surface area contributed by atoms with Crippen LogP contribution in [0, 0.1) is 0 Å². The zero-order valence-corrected chi connectivity index (χ0v) is 10.7. The first-order valence-electron chi connectivity index (χ1n) is 6.08. The highest BCUT2D eigenvalue weighted by Gasteiger charge is 2.46. The molecule has 2 atom stereocenters. The number of aliphatic hydroxyl groups is 1. The Labute approximate surface area is 106 Å². The summed E-state index contributed by atoms with van der Waals surface area (Å²) in [5, 5.41) is 12.1. The fourth-order valence-corrected chi connectivity index (χ4v) is 4.85. The largest absolute Gasteiger partial charge is 0.495 e. The summed E-state index contributed by atoms with van der Waals surface area (Å²) in [6, 6.07) is 3.72. The van der Waals surface area contributed by atoms with E-state index >= 15 is 0 Å². The van der Waals surface area contributed by atoms with E-state index in [0.717, 1.165) is 18.5 Å². The summed E-state index contributed by atoms with van der Waals surface area (Å²) in [7, 11) is 1.63. The molecule has 0 spiro atoms. The molecule has 0 saturated carbocycles. The Morgan fingerprint density at radius 2 is 2.12 bits per heavy atom. The molecule has 2 unspecified atom stereocenters. The van der Waals surface area contributed by atoms with Crippen molar-refractivity contribution in [3.05, 3.63) is 24.0 Å². The van der Waals surface area contributed by atoms with Crippen molar-refractivity contribution >= 4 is 11.8 Å². The maximum Gasteiger partial charge on any atom is 0.143 e. The third-order valence-electron chi connectivity index (χ3n) is 3.76. The minimum Gasteiger partial charge on any atom is -0.495 e. The van der Waals surface area contributed by atoms with Crippen LogP contribution in [0.2, 0.25) is 0 Å². The van der Waals surface area contributed by atoms with Gasteiger partial charge in [-0.2, -0.15) is 11.8 Å². The van der Waals surface area contributed by atoms with Crippen LogP contribution in [0.3, 0.4) is 0 Å². The summed E-state index contributed by atoms with van der Waals surface area (Å²) < 4.78 is 5.33. The van der Waals surface area contributed by atoms with Gasteiger partial charge in [-0.05, 0) is 37.8 Å². The van der Waals surface area contributed by atoms with Crippen molar-refractivity contribution in [2.45, 2.75) is 41.8 Å². The third kappa shape index (κ3) is 1.93. The number of thioether (sulfide) groups is 1. The lowest BCUT2D eigenvalue weighted by Gasteiger charge is -2.36. The molecule has 3 heterocycles. The number of fused-ring (bicyclic) bond motifs is 2. The van der Waals surface area contributed by atoms with Crippen LogP contribution in [-0.4, -0.2) is 27.7 Å². The lowest BCUT2D eigenvalue weighted by Crippen LogP contribution is -2.35. The standard InChI is InChI=1S/C13H17NO2S/c1-16-11-3-2-6-14-12(11)13(15)7-9-4-5-10(8-13)17-9/h2-3,6,9-10,15H,4-5,7-8H2,1H3. The van der Waals surface area contributed by atoms with Gasteiger partial charge in [-0.25, -0.2) is 0 Å². The van der Waals surface area contributed by atoms with E-state index in [1.807, 2.05) is 23.9 Å². The van der Waals surface area contributed by atoms with Gasteiger partial charge in [-0.3, -0.25) is 4.98 Å². The Morgan fingerprint density at radius 3 is 2.76 bits per heavy atom. The van der Waals surface area contributed by atoms with Gasteiger partial charge in [0.2, 0.25) is 0 Å². The van der Waals surface area contributed by atoms with Gasteiger partial charge in [0.25, 0.3) is 0 Å². The van der Waals surface area contributed by atoms with Crippen molar-refractivity contribution in [3.63, 3.8) is 0 Å². The van der Waals surface area contributed by atoms with Gasteiger partial charge in [0, 0.05) is 16.7 Å². The second-order valence-corrected chi connectivity index (χ2v) is 6.56. The number of aromatic nitrogens is 1. The van der Waals surface area contributed by atoms with Gasteiger partial charge >= 0.3 is 0 Å². The highest BCUT2D eigenvalue weighted by molar-refractivity contribution is 8.00. The van der Waals surface area contributed by atoms with E-state index in [9.17, 15) is 5.11 Å². The summed E-state index contributed by atoms with van der Waals surface area (Å²) in [4.78, 5) is 4.36.